The highest BCUT2D eigenvalue weighted by molar-refractivity contribution is 8.01. The number of anilines is 3. The quantitative estimate of drug-likeness (QED) is 0.624. The lowest BCUT2D eigenvalue weighted by Crippen LogP contribution is -2.25. The van der Waals surface area contributed by atoms with E-state index in [0.717, 1.165) is 11.3 Å². The molecule has 0 spiro atoms. The van der Waals surface area contributed by atoms with Crippen molar-refractivity contribution in [3.05, 3.63) is 53.1 Å². The molecule has 3 N–H and O–H groups in total. The second kappa shape index (κ2) is 10.1. The summed E-state index contributed by atoms with van der Waals surface area (Å²) in [4.78, 5) is 35.5. The predicted molar refractivity (Wildman–Crippen MR) is 116 cm³/mol. The number of carbonyl (C=O) groups is 3. The molecule has 0 aliphatic rings. The third kappa shape index (κ3) is 6.90. The van der Waals surface area contributed by atoms with Gasteiger partial charge in [0.25, 0.3) is 0 Å². The van der Waals surface area contributed by atoms with Crippen molar-refractivity contribution in [1.82, 2.24) is 0 Å². The molecule has 0 bridgehead atoms. The van der Waals surface area contributed by atoms with Gasteiger partial charge in [0.1, 0.15) is 0 Å². The maximum atomic E-state index is 12.3. The summed E-state index contributed by atoms with van der Waals surface area (Å²) >= 11 is 7.38. The van der Waals surface area contributed by atoms with Gasteiger partial charge in [0.15, 0.2) is 0 Å². The van der Waals surface area contributed by atoms with E-state index in [-0.39, 0.29) is 23.5 Å². The zero-order valence-corrected chi connectivity index (χ0v) is 17.4. The van der Waals surface area contributed by atoms with Crippen molar-refractivity contribution >= 4 is 58.1 Å². The summed E-state index contributed by atoms with van der Waals surface area (Å²) in [7, 11) is 0. The van der Waals surface area contributed by atoms with E-state index in [9.17, 15) is 14.4 Å². The lowest BCUT2D eigenvalue weighted by molar-refractivity contribution is -0.115. The molecule has 0 radical (unpaired) electrons. The Hall–Kier alpha value is -2.51. The SMILES string of the molecule is CC(=O)Nc1ccc(NC(=O)C(C)SCC(=O)Nc2ccc(C)cc2)c(Cl)c1. The first-order chi connectivity index (χ1) is 13.2. The Morgan fingerprint density at radius 3 is 2.25 bits per heavy atom. The molecule has 0 fully saturated rings. The van der Waals surface area contributed by atoms with Crippen molar-refractivity contribution in [2.24, 2.45) is 0 Å². The number of amides is 3. The van der Waals surface area contributed by atoms with Crippen molar-refractivity contribution in [1.29, 1.82) is 0 Å². The summed E-state index contributed by atoms with van der Waals surface area (Å²) in [5.74, 6) is -0.493. The van der Waals surface area contributed by atoms with Gasteiger partial charge in [-0.25, -0.2) is 0 Å². The lowest BCUT2D eigenvalue weighted by Gasteiger charge is -2.14. The van der Waals surface area contributed by atoms with E-state index in [0.29, 0.717) is 16.4 Å². The first-order valence-corrected chi connectivity index (χ1v) is 10.0. The van der Waals surface area contributed by atoms with Gasteiger partial charge in [0.2, 0.25) is 17.7 Å². The fourth-order valence-electron chi connectivity index (χ4n) is 2.24. The maximum Gasteiger partial charge on any atom is 0.237 e. The minimum Gasteiger partial charge on any atom is -0.326 e. The third-order valence-corrected chi connectivity index (χ3v) is 5.17. The van der Waals surface area contributed by atoms with Gasteiger partial charge in [0, 0.05) is 18.3 Å². The Morgan fingerprint density at radius 1 is 1.00 bits per heavy atom. The fourth-order valence-corrected chi connectivity index (χ4v) is 3.15. The second-order valence-electron chi connectivity index (χ2n) is 6.23. The van der Waals surface area contributed by atoms with Crippen LogP contribution in [0.5, 0.6) is 0 Å². The number of thioether (sulfide) groups is 1. The zero-order chi connectivity index (χ0) is 20.7. The molecule has 0 aromatic heterocycles. The Morgan fingerprint density at radius 2 is 1.64 bits per heavy atom. The summed E-state index contributed by atoms with van der Waals surface area (Å²) in [6.45, 7) is 5.09. The average Bonchev–Trinajstić information content (AvgIpc) is 2.63. The summed E-state index contributed by atoms with van der Waals surface area (Å²) < 4.78 is 0. The van der Waals surface area contributed by atoms with Crippen LogP contribution in [0, 0.1) is 6.92 Å². The van der Waals surface area contributed by atoms with Crippen LogP contribution in [0.1, 0.15) is 19.4 Å². The van der Waals surface area contributed by atoms with Crippen molar-refractivity contribution in [2.45, 2.75) is 26.0 Å². The molecular weight excluding hydrogens is 398 g/mol. The molecule has 3 amide bonds. The van der Waals surface area contributed by atoms with Crippen molar-refractivity contribution < 1.29 is 14.4 Å². The van der Waals surface area contributed by atoms with Crippen LogP contribution >= 0.6 is 23.4 Å². The van der Waals surface area contributed by atoms with Gasteiger partial charge >= 0.3 is 0 Å². The number of rotatable bonds is 7. The third-order valence-electron chi connectivity index (χ3n) is 3.72. The maximum absolute atomic E-state index is 12.3. The summed E-state index contributed by atoms with van der Waals surface area (Å²) in [6.07, 6.45) is 0. The van der Waals surface area contributed by atoms with Crippen LogP contribution in [0.4, 0.5) is 17.1 Å². The van der Waals surface area contributed by atoms with Gasteiger partial charge < -0.3 is 16.0 Å². The Labute approximate surface area is 173 Å². The normalized spacial score (nSPS) is 11.4. The number of carbonyl (C=O) groups excluding carboxylic acids is 3. The summed E-state index contributed by atoms with van der Waals surface area (Å²) in [6, 6.07) is 12.3. The molecule has 2 rings (SSSR count). The Bertz CT molecular complexity index is 871. The minimum absolute atomic E-state index is 0.150. The number of aryl methyl sites for hydroxylation is 1. The van der Waals surface area contributed by atoms with E-state index >= 15 is 0 Å². The molecule has 148 valence electrons. The van der Waals surface area contributed by atoms with Crippen molar-refractivity contribution in [2.75, 3.05) is 21.7 Å². The number of nitrogens with one attached hydrogen (secondary N) is 3. The zero-order valence-electron chi connectivity index (χ0n) is 15.8. The van der Waals surface area contributed by atoms with Crippen LogP contribution in [0.25, 0.3) is 0 Å². The first kappa shape index (κ1) is 21.8. The molecule has 2 aromatic rings. The van der Waals surface area contributed by atoms with Gasteiger partial charge in [-0.2, -0.15) is 0 Å². The van der Waals surface area contributed by atoms with Crippen LogP contribution < -0.4 is 16.0 Å². The van der Waals surface area contributed by atoms with Crippen LogP contribution in [-0.4, -0.2) is 28.7 Å². The monoisotopic (exact) mass is 419 g/mol. The van der Waals surface area contributed by atoms with Crippen LogP contribution in [0.15, 0.2) is 42.5 Å². The molecule has 8 heteroatoms. The molecule has 0 heterocycles. The Kier molecular flexibility index (Phi) is 7.90. The molecule has 0 aliphatic carbocycles. The van der Waals surface area contributed by atoms with Crippen molar-refractivity contribution in [3.63, 3.8) is 0 Å². The van der Waals surface area contributed by atoms with Gasteiger partial charge in [-0.05, 0) is 44.2 Å². The van der Waals surface area contributed by atoms with Crippen molar-refractivity contribution in [3.8, 4) is 0 Å². The molecule has 28 heavy (non-hydrogen) atoms. The van der Waals surface area contributed by atoms with E-state index in [1.165, 1.54) is 18.7 Å². The largest absolute Gasteiger partial charge is 0.326 e. The molecule has 0 saturated heterocycles. The number of hydrogen-bond donors (Lipinski definition) is 3. The second-order valence-corrected chi connectivity index (χ2v) is 7.97. The summed E-state index contributed by atoms with van der Waals surface area (Å²) in [5.41, 5.74) is 2.82. The molecule has 1 atom stereocenters. The highest BCUT2D eigenvalue weighted by Crippen LogP contribution is 2.26. The number of benzene rings is 2. The number of hydrogen-bond acceptors (Lipinski definition) is 4. The van der Waals surface area contributed by atoms with E-state index in [4.69, 9.17) is 11.6 Å². The van der Waals surface area contributed by atoms with Gasteiger partial charge in [0.05, 0.1) is 21.7 Å². The van der Waals surface area contributed by atoms with Gasteiger partial charge in [-0.1, -0.05) is 29.3 Å². The average molecular weight is 420 g/mol. The number of halogens is 1. The molecule has 6 nitrogen and oxygen atoms in total. The van der Waals surface area contributed by atoms with E-state index in [2.05, 4.69) is 16.0 Å². The van der Waals surface area contributed by atoms with E-state index < -0.39 is 5.25 Å². The molecule has 0 aliphatic heterocycles. The smallest absolute Gasteiger partial charge is 0.237 e. The predicted octanol–water partition coefficient (Wildman–Crippen LogP) is 4.31. The van der Waals surface area contributed by atoms with Crippen LogP contribution in [0.3, 0.4) is 0 Å². The molecule has 2 aromatic carbocycles. The highest BCUT2D eigenvalue weighted by atomic mass is 35.5. The molecule has 0 saturated carbocycles. The highest BCUT2D eigenvalue weighted by Gasteiger charge is 2.17. The minimum atomic E-state index is -0.449. The topological polar surface area (TPSA) is 87.3 Å². The van der Waals surface area contributed by atoms with E-state index in [1.54, 1.807) is 25.1 Å². The Balaban J connectivity index is 1.84. The molecule has 1 unspecified atom stereocenters. The van der Waals surface area contributed by atoms with Gasteiger partial charge in [-0.3, -0.25) is 14.4 Å². The lowest BCUT2D eigenvalue weighted by atomic mass is 10.2. The van der Waals surface area contributed by atoms with Crippen LogP contribution in [0.2, 0.25) is 5.02 Å². The molecular formula is C20H22ClN3O3S. The fraction of sp³-hybridized carbons (Fsp3) is 0.250. The first-order valence-electron chi connectivity index (χ1n) is 8.60. The standard InChI is InChI=1S/C20H22ClN3O3S/c1-12-4-6-15(7-5-12)23-19(26)11-28-13(2)20(27)24-18-9-8-16(10-17(18)21)22-14(3)25/h4-10,13H,11H2,1-3H3,(H,22,25)(H,23,26)(H,24,27). The summed E-state index contributed by atoms with van der Waals surface area (Å²) in [5, 5.41) is 8.02. The van der Waals surface area contributed by atoms with Gasteiger partial charge in [-0.15, -0.1) is 11.8 Å². The van der Waals surface area contributed by atoms with Crippen LogP contribution in [-0.2, 0) is 14.4 Å². The van der Waals surface area contributed by atoms with E-state index in [1.807, 2.05) is 31.2 Å².